The van der Waals surface area contributed by atoms with Crippen molar-refractivity contribution >= 4 is 27.3 Å². The van der Waals surface area contributed by atoms with Crippen molar-refractivity contribution in [2.75, 3.05) is 24.7 Å². The van der Waals surface area contributed by atoms with Crippen LogP contribution in [0.1, 0.15) is 17.3 Å². The number of nitrogens with one attached hydrogen (secondary N) is 2. The van der Waals surface area contributed by atoms with Crippen molar-refractivity contribution in [2.24, 2.45) is 0 Å². The minimum Gasteiger partial charge on any atom is -0.484 e. The van der Waals surface area contributed by atoms with Crippen LogP contribution in [0.5, 0.6) is 5.75 Å². The van der Waals surface area contributed by atoms with Gasteiger partial charge in [0.25, 0.3) is 11.8 Å². The number of carbonyl (C=O) groups is 2. The average Bonchev–Trinajstić information content (AvgIpc) is 2.61. The molecule has 7 nitrogen and oxygen atoms in total. The maximum absolute atomic E-state index is 12.2. The molecule has 2 N–H and O–H groups in total. The number of amides is 2. The van der Waals surface area contributed by atoms with E-state index in [2.05, 4.69) is 10.6 Å². The highest BCUT2D eigenvalue weighted by Crippen LogP contribution is 2.17. The van der Waals surface area contributed by atoms with Gasteiger partial charge in [-0.2, -0.15) is 0 Å². The Kier molecular flexibility index (Phi) is 6.35. The summed E-state index contributed by atoms with van der Waals surface area (Å²) in [4.78, 5) is 23.7. The van der Waals surface area contributed by atoms with Gasteiger partial charge in [-0.25, -0.2) is 8.42 Å². The van der Waals surface area contributed by atoms with Crippen molar-refractivity contribution in [1.82, 2.24) is 5.32 Å². The number of anilines is 1. The van der Waals surface area contributed by atoms with Crippen molar-refractivity contribution < 1.29 is 22.7 Å². The first-order valence-electron chi connectivity index (χ1n) is 7.90. The molecule has 0 saturated carbocycles. The molecule has 26 heavy (non-hydrogen) atoms. The number of hydrogen-bond acceptors (Lipinski definition) is 5. The zero-order chi connectivity index (χ0) is 19.2. The van der Waals surface area contributed by atoms with E-state index in [4.69, 9.17) is 4.74 Å². The van der Waals surface area contributed by atoms with E-state index >= 15 is 0 Å². The van der Waals surface area contributed by atoms with Gasteiger partial charge in [-0.3, -0.25) is 9.59 Å². The maximum atomic E-state index is 12.2. The summed E-state index contributed by atoms with van der Waals surface area (Å²) in [6.45, 7) is 2.29. The van der Waals surface area contributed by atoms with Gasteiger partial charge < -0.3 is 15.4 Å². The highest BCUT2D eigenvalue weighted by molar-refractivity contribution is 7.90. The molecule has 2 aromatic rings. The summed E-state index contributed by atoms with van der Waals surface area (Å²) in [5.41, 5.74) is 0.890. The van der Waals surface area contributed by atoms with Crippen LogP contribution in [0.3, 0.4) is 0 Å². The fourth-order valence-electron chi connectivity index (χ4n) is 2.09. The third kappa shape index (κ3) is 5.59. The Morgan fingerprint density at radius 3 is 2.15 bits per heavy atom. The molecule has 0 bridgehead atoms. The van der Waals surface area contributed by atoms with E-state index in [1.807, 2.05) is 6.92 Å². The molecule has 2 amide bonds. The molecule has 2 aromatic carbocycles. The summed E-state index contributed by atoms with van der Waals surface area (Å²) in [5.74, 6) is -0.0600. The zero-order valence-corrected chi connectivity index (χ0v) is 15.3. The van der Waals surface area contributed by atoms with Crippen LogP contribution < -0.4 is 15.4 Å². The van der Waals surface area contributed by atoms with Crippen LogP contribution in [0.2, 0.25) is 0 Å². The number of carbonyl (C=O) groups excluding carboxylic acids is 2. The molecular weight excluding hydrogens is 356 g/mol. The van der Waals surface area contributed by atoms with Gasteiger partial charge in [0, 0.05) is 24.1 Å². The number of ether oxygens (including phenoxy) is 1. The Morgan fingerprint density at radius 1 is 1.00 bits per heavy atom. The van der Waals surface area contributed by atoms with E-state index in [0.29, 0.717) is 23.5 Å². The third-order valence-electron chi connectivity index (χ3n) is 3.40. The van der Waals surface area contributed by atoms with Crippen LogP contribution in [0, 0.1) is 0 Å². The summed E-state index contributed by atoms with van der Waals surface area (Å²) in [6.07, 6.45) is 1.11. The van der Waals surface area contributed by atoms with Gasteiger partial charge in [-0.05, 0) is 55.5 Å². The fourth-order valence-corrected chi connectivity index (χ4v) is 2.72. The lowest BCUT2D eigenvalue weighted by atomic mass is 10.2. The third-order valence-corrected chi connectivity index (χ3v) is 4.53. The van der Waals surface area contributed by atoms with Crippen LogP contribution in [-0.4, -0.2) is 39.6 Å². The Morgan fingerprint density at radius 2 is 1.62 bits per heavy atom. The first-order chi connectivity index (χ1) is 12.3. The molecule has 0 aliphatic rings. The number of rotatable bonds is 7. The number of benzene rings is 2. The molecule has 0 spiro atoms. The SMILES string of the molecule is CCNC(=O)COc1ccc(NC(=O)c2ccc(S(C)(=O)=O)cc2)cc1. The van der Waals surface area contributed by atoms with E-state index in [1.54, 1.807) is 24.3 Å². The molecule has 0 unspecified atom stereocenters. The standard InChI is InChI=1S/C18H20N2O5S/c1-3-19-17(21)12-25-15-8-6-14(7-9-15)20-18(22)13-4-10-16(11-5-13)26(2,23)24/h4-11H,3,12H2,1-2H3,(H,19,21)(H,20,22). The van der Waals surface area contributed by atoms with Crippen LogP contribution in [0.4, 0.5) is 5.69 Å². The van der Waals surface area contributed by atoms with Crippen LogP contribution in [-0.2, 0) is 14.6 Å². The maximum Gasteiger partial charge on any atom is 0.257 e. The molecule has 0 saturated heterocycles. The lowest BCUT2D eigenvalue weighted by molar-refractivity contribution is -0.122. The van der Waals surface area contributed by atoms with Gasteiger partial charge in [0.05, 0.1) is 4.90 Å². The molecule has 0 heterocycles. The van der Waals surface area contributed by atoms with Crippen molar-refractivity contribution in [3.8, 4) is 5.75 Å². The molecule has 0 aliphatic heterocycles. The lowest BCUT2D eigenvalue weighted by Gasteiger charge is -2.08. The van der Waals surface area contributed by atoms with Gasteiger partial charge in [-0.15, -0.1) is 0 Å². The smallest absolute Gasteiger partial charge is 0.257 e. The van der Waals surface area contributed by atoms with Gasteiger partial charge >= 0.3 is 0 Å². The normalized spacial score (nSPS) is 10.8. The first-order valence-corrected chi connectivity index (χ1v) is 9.80. The average molecular weight is 376 g/mol. The molecule has 0 fully saturated rings. The summed E-state index contributed by atoms with van der Waals surface area (Å²) in [5, 5.41) is 5.33. The molecular formula is C18H20N2O5S. The summed E-state index contributed by atoms with van der Waals surface area (Å²) in [6, 6.07) is 12.3. The number of sulfone groups is 1. The fraction of sp³-hybridized carbons (Fsp3) is 0.222. The van der Waals surface area contributed by atoms with Crippen molar-refractivity contribution in [3.05, 3.63) is 54.1 Å². The summed E-state index contributed by atoms with van der Waals surface area (Å²) in [7, 11) is -3.30. The Balaban J connectivity index is 1.96. The van der Waals surface area contributed by atoms with Crippen molar-refractivity contribution in [3.63, 3.8) is 0 Å². The van der Waals surface area contributed by atoms with Crippen LogP contribution in [0.15, 0.2) is 53.4 Å². The Labute approximate surface area is 152 Å². The Bertz CT molecular complexity index is 875. The van der Waals surface area contributed by atoms with Crippen LogP contribution in [0.25, 0.3) is 0 Å². The highest BCUT2D eigenvalue weighted by atomic mass is 32.2. The molecule has 0 radical (unpaired) electrons. The number of hydrogen-bond donors (Lipinski definition) is 2. The van der Waals surface area contributed by atoms with Crippen molar-refractivity contribution in [2.45, 2.75) is 11.8 Å². The zero-order valence-electron chi connectivity index (χ0n) is 14.5. The quantitative estimate of drug-likeness (QED) is 0.768. The molecule has 2 rings (SSSR count). The second kappa shape index (κ2) is 8.48. The van der Waals surface area contributed by atoms with E-state index in [-0.39, 0.29) is 23.3 Å². The molecule has 138 valence electrons. The van der Waals surface area contributed by atoms with Gasteiger partial charge in [0.15, 0.2) is 16.4 Å². The second-order valence-corrected chi connectivity index (χ2v) is 7.53. The number of likely N-dealkylation sites (N-methyl/N-ethyl adjacent to an activating group) is 1. The van der Waals surface area contributed by atoms with E-state index in [9.17, 15) is 18.0 Å². The van der Waals surface area contributed by atoms with Gasteiger partial charge in [-0.1, -0.05) is 0 Å². The summed E-state index contributed by atoms with van der Waals surface area (Å²) >= 11 is 0. The highest BCUT2D eigenvalue weighted by Gasteiger charge is 2.10. The predicted octanol–water partition coefficient (Wildman–Crippen LogP) is 1.86. The monoisotopic (exact) mass is 376 g/mol. The molecule has 8 heteroatoms. The van der Waals surface area contributed by atoms with Gasteiger partial charge in [0.2, 0.25) is 0 Å². The topological polar surface area (TPSA) is 102 Å². The van der Waals surface area contributed by atoms with Crippen LogP contribution >= 0.6 is 0 Å². The summed E-state index contributed by atoms with van der Waals surface area (Å²) < 4.78 is 28.2. The Hall–Kier alpha value is -2.87. The first kappa shape index (κ1) is 19.5. The van der Waals surface area contributed by atoms with Gasteiger partial charge in [0.1, 0.15) is 5.75 Å². The van der Waals surface area contributed by atoms with E-state index in [1.165, 1.54) is 24.3 Å². The van der Waals surface area contributed by atoms with E-state index < -0.39 is 9.84 Å². The largest absolute Gasteiger partial charge is 0.484 e. The van der Waals surface area contributed by atoms with Crippen molar-refractivity contribution in [1.29, 1.82) is 0 Å². The minimum atomic E-state index is -3.30. The predicted molar refractivity (Wildman–Crippen MR) is 98.1 cm³/mol. The van der Waals surface area contributed by atoms with E-state index in [0.717, 1.165) is 6.26 Å². The second-order valence-electron chi connectivity index (χ2n) is 5.52. The lowest BCUT2D eigenvalue weighted by Crippen LogP contribution is -2.28. The molecule has 0 aliphatic carbocycles. The molecule has 0 aromatic heterocycles. The molecule has 0 atom stereocenters. The minimum absolute atomic E-state index is 0.0772.